The molecule has 8 nitrogen and oxygen atoms in total. The molecule has 1 aliphatic rings. The van der Waals surface area contributed by atoms with Crippen molar-refractivity contribution in [2.45, 2.75) is 47.1 Å². The van der Waals surface area contributed by atoms with Crippen LogP contribution in [0.2, 0.25) is 0 Å². The quantitative estimate of drug-likeness (QED) is 0.846. The maximum absolute atomic E-state index is 12.6. The van der Waals surface area contributed by atoms with Gasteiger partial charge in [0.15, 0.2) is 0 Å². The molecule has 3 N–H and O–H groups in total. The van der Waals surface area contributed by atoms with Crippen molar-refractivity contribution >= 4 is 11.7 Å². The second-order valence-corrected chi connectivity index (χ2v) is 8.18. The number of hydrogen-bond donors (Lipinski definition) is 2. The van der Waals surface area contributed by atoms with Crippen molar-refractivity contribution in [1.82, 2.24) is 24.6 Å². The molecule has 0 aliphatic carbocycles. The maximum atomic E-state index is 12.6. The first-order chi connectivity index (χ1) is 12.6. The number of rotatable bonds is 4. The van der Waals surface area contributed by atoms with Crippen LogP contribution in [0.4, 0.5) is 5.82 Å². The summed E-state index contributed by atoms with van der Waals surface area (Å²) in [5.74, 6) is 0.961. The van der Waals surface area contributed by atoms with Gasteiger partial charge in [-0.2, -0.15) is 9.78 Å². The minimum absolute atomic E-state index is 0.00379. The summed E-state index contributed by atoms with van der Waals surface area (Å²) in [6.45, 7) is 12.0. The molecule has 8 heteroatoms. The van der Waals surface area contributed by atoms with Gasteiger partial charge in [-0.3, -0.25) is 9.69 Å². The fraction of sp³-hybridized carbons (Fsp3) is 0.579. The number of nitrogens with zero attached hydrogens (tertiary/aromatic N) is 5. The number of aromatic nitrogens is 4. The van der Waals surface area contributed by atoms with E-state index in [1.807, 2.05) is 32.9 Å². The Labute approximate surface area is 160 Å². The van der Waals surface area contributed by atoms with Gasteiger partial charge in [0.25, 0.3) is 5.95 Å². The fourth-order valence-corrected chi connectivity index (χ4v) is 3.55. The molecule has 1 atom stereocenters. The zero-order chi connectivity index (χ0) is 19.8. The molecule has 0 spiro atoms. The Hall–Kier alpha value is -2.32. The minimum atomic E-state index is -0.0770. The monoisotopic (exact) mass is 371 g/mol. The van der Waals surface area contributed by atoms with Gasteiger partial charge in [0.05, 0.1) is 12.2 Å². The lowest BCUT2D eigenvalue weighted by atomic mass is 9.80. The largest absolute Gasteiger partial charge is 0.327 e. The molecular weight excluding hydrogens is 342 g/mol. The Balaban J connectivity index is 1.73. The molecule has 2 aromatic heterocycles. The number of carbonyl (C=O) groups excluding carboxylic acids is 1. The van der Waals surface area contributed by atoms with E-state index in [9.17, 15) is 4.79 Å². The van der Waals surface area contributed by atoms with E-state index in [1.165, 1.54) is 0 Å². The zero-order valence-corrected chi connectivity index (χ0v) is 16.8. The molecule has 0 radical (unpaired) electrons. The third-order valence-electron chi connectivity index (χ3n) is 5.02. The van der Waals surface area contributed by atoms with Crippen molar-refractivity contribution in [2.75, 3.05) is 25.0 Å². The van der Waals surface area contributed by atoms with Crippen LogP contribution in [-0.2, 0) is 4.79 Å². The summed E-state index contributed by atoms with van der Waals surface area (Å²) in [4.78, 5) is 23.7. The van der Waals surface area contributed by atoms with Crippen molar-refractivity contribution in [2.24, 2.45) is 11.1 Å². The highest BCUT2D eigenvalue weighted by molar-refractivity contribution is 5.91. The molecule has 3 rings (SSSR count). The van der Waals surface area contributed by atoms with Crippen LogP contribution in [-0.4, -0.2) is 56.2 Å². The molecule has 1 unspecified atom stereocenters. The van der Waals surface area contributed by atoms with E-state index < -0.39 is 0 Å². The molecule has 0 saturated carbocycles. The molecular formula is C19H29N7O. The highest BCUT2D eigenvalue weighted by Gasteiger charge is 2.34. The Morgan fingerprint density at radius 3 is 2.52 bits per heavy atom. The van der Waals surface area contributed by atoms with E-state index in [0.29, 0.717) is 18.3 Å². The lowest BCUT2D eigenvalue weighted by molar-refractivity contribution is -0.118. The van der Waals surface area contributed by atoms with E-state index in [0.717, 1.165) is 36.6 Å². The highest BCUT2D eigenvalue weighted by Crippen LogP contribution is 2.27. The predicted molar refractivity (Wildman–Crippen MR) is 105 cm³/mol. The number of nitrogens with one attached hydrogen (secondary N) is 1. The number of amides is 1. The van der Waals surface area contributed by atoms with Gasteiger partial charge in [0.2, 0.25) is 5.91 Å². The van der Waals surface area contributed by atoms with Gasteiger partial charge in [0.1, 0.15) is 5.82 Å². The summed E-state index contributed by atoms with van der Waals surface area (Å²) in [5.41, 5.74) is 8.69. The van der Waals surface area contributed by atoms with Crippen LogP contribution in [0.25, 0.3) is 5.95 Å². The molecule has 3 heterocycles. The van der Waals surface area contributed by atoms with Crippen molar-refractivity contribution in [3.8, 4) is 5.95 Å². The number of carbonyl (C=O) groups is 1. The SMILES string of the molecule is Cc1cc(C)nc(-n2nc(C)cc2NC(=O)CN2CCC(N)C(C)(C)C2)n1. The van der Waals surface area contributed by atoms with Crippen molar-refractivity contribution in [3.05, 3.63) is 29.2 Å². The number of likely N-dealkylation sites (tertiary alicyclic amines) is 1. The molecule has 146 valence electrons. The number of nitrogens with two attached hydrogens (primary N) is 1. The van der Waals surface area contributed by atoms with E-state index in [1.54, 1.807) is 4.68 Å². The summed E-state index contributed by atoms with van der Waals surface area (Å²) < 4.78 is 1.59. The van der Waals surface area contributed by atoms with Crippen molar-refractivity contribution in [3.63, 3.8) is 0 Å². The van der Waals surface area contributed by atoms with Crippen LogP contribution in [0.15, 0.2) is 12.1 Å². The van der Waals surface area contributed by atoms with Gasteiger partial charge in [-0.15, -0.1) is 0 Å². The molecule has 2 aromatic rings. The van der Waals surface area contributed by atoms with E-state index in [4.69, 9.17) is 5.73 Å². The molecule has 1 saturated heterocycles. The van der Waals surface area contributed by atoms with Crippen LogP contribution in [0.5, 0.6) is 0 Å². The summed E-state index contributed by atoms with van der Waals surface area (Å²) in [5, 5.41) is 7.41. The summed E-state index contributed by atoms with van der Waals surface area (Å²) in [7, 11) is 0. The average Bonchev–Trinajstić information content (AvgIpc) is 2.90. The van der Waals surface area contributed by atoms with Gasteiger partial charge >= 0.3 is 0 Å². The van der Waals surface area contributed by atoms with Crippen molar-refractivity contribution < 1.29 is 4.79 Å². The Morgan fingerprint density at radius 1 is 1.22 bits per heavy atom. The van der Waals surface area contributed by atoms with Crippen LogP contribution >= 0.6 is 0 Å². The predicted octanol–water partition coefficient (Wildman–Crippen LogP) is 1.59. The lowest BCUT2D eigenvalue weighted by Gasteiger charge is -2.42. The second kappa shape index (κ2) is 7.36. The molecule has 1 aliphatic heterocycles. The van der Waals surface area contributed by atoms with Crippen LogP contribution < -0.4 is 11.1 Å². The molecule has 0 bridgehead atoms. The molecule has 27 heavy (non-hydrogen) atoms. The summed E-state index contributed by atoms with van der Waals surface area (Å²) in [6.07, 6.45) is 0.897. The molecule has 1 fully saturated rings. The standard InChI is InChI=1S/C19H29N7O/c1-12-8-13(2)22-18(21-12)26-16(9-14(3)24-26)23-17(27)10-25-7-6-15(20)19(4,5)11-25/h8-9,15H,6-7,10-11,20H2,1-5H3,(H,23,27). The Kier molecular flexibility index (Phi) is 5.30. The van der Waals surface area contributed by atoms with Gasteiger partial charge < -0.3 is 11.1 Å². The van der Waals surface area contributed by atoms with Gasteiger partial charge in [0, 0.05) is 36.6 Å². The van der Waals surface area contributed by atoms with Gasteiger partial charge in [-0.1, -0.05) is 13.8 Å². The van der Waals surface area contributed by atoms with Crippen LogP contribution in [0.3, 0.4) is 0 Å². The van der Waals surface area contributed by atoms with E-state index >= 15 is 0 Å². The van der Waals surface area contributed by atoms with Crippen LogP contribution in [0.1, 0.15) is 37.4 Å². The topological polar surface area (TPSA) is 102 Å². The van der Waals surface area contributed by atoms with Crippen LogP contribution in [0, 0.1) is 26.2 Å². The first-order valence-corrected chi connectivity index (χ1v) is 9.31. The van der Waals surface area contributed by atoms with E-state index in [2.05, 4.69) is 39.1 Å². The normalized spacial score (nSPS) is 19.9. The first kappa shape index (κ1) is 19.4. The second-order valence-electron chi connectivity index (χ2n) is 8.18. The first-order valence-electron chi connectivity index (χ1n) is 9.31. The van der Waals surface area contributed by atoms with Crippen molar-refractivity contribution in [1.29, 1.82) is 0 Å². The molecule has 0 aromatic carbocycles. The third kappa shape index (κ3) is 4.51. The summed E-state index contributed by atoms with van der Waals surface area (Å²) >= 11 is 0. The van der Waals surface area contributed by atoms with E-state index in [-0.39, 0.29) is 17.4 Å². The van der Waals surface area contributed by atoms with Gasteiger partial charge in [-0.05, 0) is 38.7 Å². The number of aryl methyl sites for hydroxylation is 3. The number of hydrogen-bond acceptors (Lipinski definition) is 6. The maximum Gasteiger partial charge on any atom is 0.252 e. The fourth-order valence-electron chi connectivity index (χ4n) is 3.55. The molecule has 1 amide bonds. The lowest BCUT2D eigenvalue weighted by Crippen LogP contribution is -2.53. The third-order valence-corrected chi connectivity index (χ3v) is 5.02. The summed E-state index contributed by atoms with van der Waals surface area (Å²) in [6, 6.07) is 3.90. The highest BCUT2D eigenvalue weighted by atomic mass is 16.2. The zero-order valence-electron chi connectivity index (χ0n) is 16.8. The number of piperidine rings is 1. The van der Waals surface area contributed by atoms with Gasteiger partial charge in [-0.25, -0.2) is 9.97 Å². The minimum Gasteiger partial charge on any atom is -0.327 e. The average molecular weight is 371 g/mol. The smallest absolute Gasteiger partial charge is 0.252 e. The Morgan fingerprint density at radius 2 is 1.89 bits per heavy atom. The number of anilines is 1. The Bertz CT molecular complexity index is 822.